The van der Waals surface area contributed by atoms with Crippen molar-refractivity contribution in [1.82, 2.24) is 30.3 Å². The van der Waals surface area contributed by atoms with Gasteiger partial charge >= 0.3 is 6.09 Å². The molecule has 3 aromatic heterocycles. The number of tetrazole rings is 1. The molecule has 0 bridgehead atoms. The second-order valence-corrected chi connectivity index (χ2v) is 7.04. The maximum atomic E-state index is 12.4. The number of carbonyl (C=O) groups excluding carboxylic acids is 1. The minimum atomic E-state index is -0.365. The molecule has 5 rings (SSSR count). The average Bonchev–Trinajstić information content (AvgIpc) is 3.55. The fraction of sp³-hybridized carbons (Fsp3) is 0.200. The zero-order valence-corrected chi connectivity index (χ0v) is 16.5. The fourth-order valence-corrected chi connectivity index (χ4v) is 3.44. The molecule has 1 aliphatic rings. The monoisotopic (exact) mass is 418 g/mol. The van der Waals surface area contributed by atoms with E-state index in [1.54, 1.807) is 17.2 Å². The molecule has 4 heterocycles. The molecule has 1 atom stereocenters. The number of anilines is 2. The van der Waals surface area contributed by atoms with Gasteiger partial charge in [0.1, 0.15) is 18.7 Å². The van der Waals surface area contributed by atoms with Crippen LogP contribution in [0.4, 0.5) is 16.3 Å². The van der Waals surface area contributed by atoms with Crippen LogP contribution in [0.2, 0.25) is 0 Å². The van der Waals surface area contributed by atoms with E-state index in [0.29, 0.717) is 24.7 Å². The Morgan fingerprint density at radius 1 is 1.19 bits per heavy atom. The number of hydrogen-bond donors (Lipinski definition) is 1. The number of carbonyl (C=O) groups is 1. The molecule has 1 fully saturated rings. The number of cyclic esters (lactones) is 1. The van der Waals surface area contributed by atoms with E-state index in [1.165, 1.54) is 17.3 Å². The molecule has 4 aromatic rings. The number of hydrogen-bond acceptors (Lipinski definition) is 9. The summed E-state index contributed by atoms with van der Waals surface area (Å²) in [5, 5.41) is 17.9. The van der Waals surface area contributed by atoms with E-state index in [2.05, 4.69) is 31.0 Å². The first kappa shape index (κ1) is 18.7. The van der Waals surface area contributed by atoms with Gasteiger partial charge in [-0.1, -0.05) is 11.2 Å². The molecule has 0 radical (unpaired) electrons. The van der Waals surface area contributed by atoms with Crippen LogP contribution in [0.25, 0.3) is 16.9 Å². The van der Waals surface area contributed by atoms with Gasteiger partial charge in [-0.05, 0) is 52.7 Å². The number of pyridine rings is 1. The van der Waals surface area contributed by atoms with Crippen LogP contribution in [0.3, 0.4) is 0 Å². The summed E-state index contributed by atoms with van der Waals surface area (Å²) >= 11 is 0. The summed E-state index contributed by atoms with van der Waals surface area (Å²) in [6.07, 6.45) is 4.09. The number of amides is 1. The lowest BCUT2D eigenvalue weighted by Crippen LogP contribution is -2.27. The Morgan fingerprint density at radius 2 is 2.10 bits per heavy atom. The molecule has 31 heavy (non-hydrogen) atoms. The quantitative estimate of drug-likeness (QED) is 0.503. The number of benzene rings is 1. The first-order chi connectivity index (χ1) is 15.2. The normalized spacial score (nSPS) is 15.8. The molecule has 1 N–H and O–H groups in total. The van der Waals surface area contributed by atoms with E-state index in [-0.39, 0.29) is 12.2 Å². The average molecular weight is 418 g/mol. The molecule has 1 unspecified atom stereocenters. The molecule has 0 spiro atoms. The third-order valence-electron chi connectivity index (χ3n) is 4.98. The molecule has 1 saturated heterocycles. The summed E-state index contributed by atoms with van der Waals surface area (Å²) in [6, 6.07) is 11.4. The summed E-state index contributed by atoms with van der Waals surface area (Å²) in [6.45, 7) is 2.87. The van der Waals surface area contributed by atoms with Crippen molar-refractivity contribution in [3.63, 3.8) is 0 Å². The highest BCUT2D eigenvalue weighted by molar-refractivity contribution is 5.91. The van der Waals surface area contributed by atoms with E-state index >= 15 is 0 Å². The van der Waals surface area contributed by atoms with Crippen LogP contribution in [0.1, 0.15) is 5.56 Å². The van der Waals surface area contributed by atoms with Gasteiger partial charge in [0, 0.05) is 17.8 Å². The standard InChI is InChI=1S/C20H18N8O3/c1-13-8-14(15-3-5-19(22-9-15)28-12-23-25-26-28)2-4-17(13)27-11-16(31-20(27)29)10-21-18-6-7-30-24-18/h2-9,12,16H,10-11H2,1H3,(H,21,24). The molecule has 0 aliphatic carbocycles. The van der Waals surface area contributed by atoms with Crippen LogP contribution < -0.4 is 10.2 Å². The van der Waals surface area contributed by atoms with Gasteiger partial charge in [-0.15, -0.1) is 5.10 Å². The van der Waals surface area contributed by atoms with Crippen LogP contribution in [0.5, 0.6) is 0 Å². The third kappa shape index (κ3) is 3.80. The topological polar surface area (TPSA) is 124 Å². The summed E-state index contributed by atoms with van der Waals surface area (Å²) in [7, 11) is 0. The Bertz CT molecular complexity index is 1180. The lowest BCUT2D eigenvalue weighted by atomic mass is 10.0. The van der Waals surface area contributed by atoms with Crippen molar-refractivity contribution in [3.05, 3.63) is 60.7 Å². The second kappa shape index (κ2) is 7.86. The van der Waals surface area contributed by atoms with Crippen molar-refractivity contribution in [2.75, 3.05) is 23.3 Å². The molecule has 156 valence electrons. The van der Waals surface area contributed by atoms with Gasteiger partial charge in [-0.25, -0.2) is 9.78 Å². The summed E-state index contributed by atoms with van der Waals surface area (Å²) in [5.41, 5.74) is 3.72. The molecule has 1 aliphatic heterocycles. The summed E-state index contributed by atoms with van der Waals surface area (Å²) in [5.74, 6) is 1.24. The van der Waals surface area contributed by atoms with Gasteiger partial charge in [0.25, 0.3) is 0 Å². The van der Waals surface area contributed by atoms with Gasteiger partial charge in [0.2, 0.25) is 0 Å². The number of nitrogens with zero attached hydrogens (tertiary/aromatic N) is 7. The Hall–Kier alpha value is -4.28. The van der Waals surface area contributed by atoms with Crippen molar-refractivity contribution in [1.29, 1.82) is 0 Å². The summed E-state index contributed by atoms with van der Waals surface area (Å²) in [4.78, 5) is 18.5. The predicted molar refractivity (Wildman–Crippen MR) is 110 cm³/mol. The number of aromatic nitrogens is 6. The number of aryl methyl sites for hydroxylation is 1. The molecule has 1 amide bonds. The first-order valence-electron chi connectivity index (χ1n) is 9.60. The molecule has 1 aromatic carbocycles. The minimum absolute atomic E-state index is 0.286. The van der Waals surface area contributed by atoms with Crippen molar-refractivity contribution in [3.8, 4) is 16.9 Å². The molecular formula is C20H18N8O3. The molecule has 11 nitrogen and oxygen atoms in total. The maximum Gasteiger partial charge on any atom is 0.414 e. The SMILES string of the molecule is Cc1cc(-c2ccc(-n3cnnn3)nc2)ccc1N1CC(CNc2ccon2)OC1=O. The van der Waals surface area contributed by atoms with Gasteiger partial charge in [-0.3, -0.25) is 4.90 Å². The highest BCUT2D eigenvalue weighted by Gasteiger charge is 2.33. The van der Waals surface area contributed by atoms with Crippen LogP contribution in [-0.4, -0.2) is 55.6 Å². The predicted octanol–water partition coefficient (Wildman–Crippen LogP) is 2.46. The van der Waals surface area contributed by atoms with Crippen molar-refractivity contribution < 1.29 is 14.1 Å². The van der Waals surface area contributed by atoms with E-state index in [0.717, 1.165) is 22.4 Å². The highest BCUT2D eigenvalue weighted by Crippen LogP contribution is 2.30. The van der Waals surface area contributed by atoms with Crippen molar-refractivity contribution in [2.45, 2.75) is 13.0 Å². The van der Waals surface area contributed by atoms with Gasteiger partial charge in [-0.2, -0.15) is 4.68 Å². The number of rotatable bonds is 6. The zero-order valence-electron chi connectivity index (χ0n) is 16.5. The largest absolute Gasteiger partial charge is 0.442 e. The maximum absolute atomic E-state index is 12.4. The molecule has 0 saturated carbocycles. The van der Waals surface area contributed by atoms with Crippen LogP contribution >= 0.6 is 0 Å². The first-order valence-corrected chi connectivity index (χ1v) is 9.60. The summed E-state index contributed by atoms with van der Waals surface area (Å²) < 4.78 is 11.8. The Labute approximate surface area is 176 Å². The Balaban J connectivity index is 1.29. The lowest BCUT2D eigenvalue weighted by Gasteiger charge is -2.17. The van der Waals surface area contributed by atoms with E-state index in [9.17, 15) is 4.79 Å². The van der Waals surface area contributed by atoms with E-state index in [1.807, 2.05) is 37.3 Å². The number of nitrogens with one attached hydrogen (secondary N) is 1. The molecule has 11 heteroatoms. The van der Waals surface area contributed by atoms with Crippen molar-refractivity contribution >= 4 is 17.6 Å². The van der Waals surface area contributed by atoms with Crippen LogP contribution in [0.15, 0.2) is 59.7 Å². The van der Waals surface area contributed by atoms with Crippen LogP contribution in [-0.2, 0) is 4.74 Å². The van der Waals surface area contributed by atoms with Gasteiger partial charge in [0.05, 0.1) is 18.8 Å². The smallest absolute Gasteiger partial charge is 0.414 e. The zero-order chi connectivity index (χ0) is 21.2. The Morgan fingerprint density at radius 3 is 2.81 bits per heavy atom. The lowest BCUT2D eigenvalue weighted by molar-refractivity contribution is 0.147. The minimum Gasteiger partial charge on any atom is -0.442 e. The fourth-order valence-electron chi connectivity index (χ4n) is 3.44. The van der Waals surface area contributed by atoms with E-state index in [4.69, 9.17) is 9.26 Å². The second-order valence-electron chi connectivity index (χ2n) is 7.04. The molecular weight excluding hydrogens is 400 g/mol. The number of ether oxygens (including phenoxy) is 1. The third-order valence-corrected chi connectivity index (χ3v) is 4.98. The van der Waals surface area contributed by atoms with Gasteiger partial charge < -0.3 is 14.6 Å². The van der Waals surface area contributed by atoms with Crippen LogP contribution in [0, 0.1) is 6.92 Å². The van der Waals surface area contributed by atoms with E-state index < -0.39 is 0 Å². The van der Waals surface area contributed by atoms with Crippen molar-refractivity contribution in [2.24, 2.45) is 0 Å². The Kier molecular flexibility index (Phi) is 4.75. The van der Waals surface area contributed by atoms with Gasteiger partial charge in [0.15, 0.2) is 11.6 Å². The highest BCUT2D eigenvalue weighted by atomic mass is 16.6.